The van der Waals surface area contributed by atoms with Crippen molar-refractivity contribution in [3.05, 3.63) is 29.8 Å². The first-order valence-corrected chi connectivity index (χ1v) is 7.34. The Morgan fingerprint density at radius 3 is 2.82 bits per heavy atom. The lowest BCUT2D eigenvalue weighted by Gasteiger charge is -2.40. The third-order valence-electron chi connectivity index (χ3n) is 3.58. The molecule has 0 aliphatic carbocycles. The van der Waals surface area contributed by atoms with Crippen LogP contribution in [0, 0.1) is 0 Å². The van der Waals surface area contributed by atoms with Gasteiger partial charge in [0, 0.05) is 30.3 Å². The number of amides is 1. The van der Waals surface area contributed by atoms with Gasteiger partial charge < -0.3 is 4.90 Å². The fourth-order valence-electron chi connectivity index (χ4n) is 2.63. The van der Waals surface area contributed by atoms with Gasteiger partial charge in [-0.3, -0.25) is 4.79 Å². The molecule has 1 aromatic carbocycles. The van der Waals surface area contributed by atoms with Crippen molar-refractivity contribution in [3.63, 3.8) is 0 Å². The number of rotatable bonds is 2. The van der Waals surface area contributed by atoms with Crippen molar-refractivity contribution in [3.8, 4) is 0 Å². The Hall–Kier alpha value is -0.960. The molecule has 2 nitrogen and oxygen atoms in total. The number of fused-ring (bicyclic) bond motifs is 1. The van der Waals surface area contributed by atoms with Gasteiger partial charge in [-0.15, -0.1) is 0 Å². The second-order valence-corrected chi connectivity index (χ2v) is 5.80. The van der Waals surface area contributed by atoms with Crippen molar-refractivity contribution in [2.24, 2.45) is 0 Å². The smallest absolute Gasteiger partial charge is 0.223 e. The zero-order valence-electron chi connectivity index (χ0n) is 10.7. The zero-order chi connectivity index (χ0) is 12.5. The molecule has 0 aromatic heterocycles. The highest BCUT2D eigenvalue weighted by atomic mass is 32.2. The summed E-state index contributed by atoms with van der Waals surface area (Å²) in [6, 6.07) is 8.32. The van der Waals surface area contributed by atoms with Crippen molar-refractivity contribution in [2.45, 2.75) is 25.7 Å². The van der Waals surface area contributed by atoms with Crippen molar-refractivity contribution in [1.29, 1.82) is 0 Å². The molecule has 1 amide bonds. The Balaban J connectivity index is 2.47. The molecule has 3 heteroatoms. The summed E-state index contributed by atoms with van der Waals surface area (Å²) in [4.78, 5) is 13.6. The fraction of sp³-hybridized carbons (Fsp3) is 0.500. The van der Waals surface area contributed by atoms with Crippen LogP contribution in [0.3, 0.4) is 0 Å². The van der Waals surface area contributed by atoms with Gasteiger partial charge in [0.2, 0.25) is 5.91 Å². The average molecular weight is 249 g/mol. The summed E-state index contributed by atoms with van der Waals surface area (Å²) in [7, 11) is 0. The molecule has 0 fully saturated rings. The molecule has 1 atom stereocenters. The topological polar surface area (TPSA) is 20.3 Å². The normalized spacial score (nSPS) is 23.4. The van der Waals surface area contributed by atoms with E-state index in [0.29, 0.717) is 0 Å². The maximum Gasteiger partial charge on any atom is 0.223 e. The Morgan fingerprint density at radius 1 is 1.47 bits per heavy atom. The molecule has 1 aliphatic heterocycles. The molecule has 0 spiro atoms. The summed E-state index contributed by atoms with van der Waals surface area (Å²) in [6.07, 6.45) is 3.19. The standard InChI is InChI=1S/C14H19NOS/c1-11(16)15-9-8-14(2,10-17-3)12-6-4-5-7-13(12)15/h4-7H,8-10H2,1-3H3/t14-/m1/s1. The van der Waals surface area contributed by atoms with E-state index in [-0.39, 0.29) is 11.3 Å². The first-order valence-electron chi connectivity index (χ1n) is 5.95. The van der Waals surface area contributed by atoms with Crippen molar-refractivity contribution < 1.29 is 4.79 Å². The van der Waals surface area contributed by atoms with Crippen LogP contribution in [-0.4, -0.2) is 24.5 Å². The van der Waals surface area contributed by atoms with Crippen molar-refractivity contribution in [2.75, 3.05) is 23.5 Å². The molecular formula is C14H19NOS. The highest BCUT2D eigenvalue weighted by Gasteiger charge is 2.35. The molecule has 0 N–H and O–H groups in total. The molecule has 1 aromatic rings. The number of carbonyl (C=O) groups excluding carboxylic acids is 1. The molecule has 0 radical (unpaired) electrons. The molecule has 0 bridgehead atoms. The molecule has 1 heterocycles. The highest BCUT2D eigenvalue weighted by molar-refractivity contribution is 7.98. The van der Waals surface area contributed by atoms with Gasteiger partial charge in [-0.2, -0.15) is 11.8 Å². The van der Waals surface area contributed by atoms with Gasteiger partial charge in [-0.1, -0.05) is 25.1 Å². The van der Waals surface area contributed by atoms with Gasteiger partial charge in [-0.25, -0.2) is 0 Å². The number of para-hydroxylation sites is 1. The van der Waals surface area contributed by atoms with Crippen LogP contribution in [0.1, 0.15) is 25.8 Å². The first kappa shape index (κ1) is 12.5. The van der Waals surface area contributed by atoms with Gasteiger partial charge >= 0.3 is 0 Å². The third kappa shape index (κ3) is 2.21. The first-order chi connectivity index (χ1) is 8.08. The van der Waals surface area contributed by atoms with E-state index in [1.54, 1.807) is 6.92 Å². The maximum atomic E-state index is 11.7. The van der Waals surface area contributed by atoms with Crippen LogP contribution in [0.15, 0.2) is 24.3 Å². The van der Waals surface area contributed by atoms with Crippen LogP contribution in [0.5, 0.6) is 0 Å². The summed E-state index contributed by atoms with van der Waals surface area (Å²) < 4.78 is 0. The highest BCUT2D eigenvalue weighted by Crippen LogP contribution is 2.41. The molecule has 17 heavy (non-hydrogen) atoms. The summed E-state index contributed by atoms with van der Waals surface area (Å²) >= 11 is 1.88. The van der Waals surface area contributed by atoms with Gasteiger partial charge in [-0.05, 0) is 24.3 Å². The van der Waals surface area contributed by atoms with Crippen LogP contribution in [0.2, 0.25) is 0 Å². The van der Waals surface area contributed by atoms with E-state index < -0.39 is 0 Å². The Kier molecular flexibility index (Phi) is 3.48. The van der Waals surface area contributed by atoms with Gasteiger partial charge in [0.05, 0.1) is 0 Å². The monoisotopic (exact) mass is 249 g/mol. The Labute approximate surface area is 107 Å². The van der Waals surface area contributed by atoms with E-state index >= 15 is 0 Å². The summed E-state index contributed by atoms with van der Waals surface area (Å²) in [5, 5.41) is 0. The Morgan fingerprint density at radius 2 is 2.18 bits per heavy atom. The van der Waals surface area contributed by atoms with Crippen LogP contribution < -0.4 is 4.90 Å². The molecular weight excluding hydrogens is 230 g/mol. The minimum Gasteiger partial charge on any atom is -0.312 e. The van der Waals surface area contributed by atoms with Crippen molar-refractivity contribution in [1.82, 2.24) is 0 Å². The quantitative estimate of drug-likeness (QED) is 0.803. The third-order valence-corrected chi connectivity index (χ3v) is 4.50. The van der Waals surface area contributed by atoms with E-state index in [9.17, 15) is 4.79 Å². The molecule has 0 unspecified atom stereocenters. The largest absolute Gasteiger partial charge is 0.312 e. The number of hydrogen-bond acceptors (Lipinski definition) is 2. The lowest BCUT2D eigenvalue weighted by molar-refractivity contribution is -0.116. The number of benzene rings is 1. The van der Waals surface area contributed by atoms with E-state index in [1.165, 1.54) is 5.56 Å². The van der Waals surface area contributed by atoms with E-state index in [2.05, 4.69) is 31.4 Å². The van der Waals surface area contributed by atoms with E-state index in [0.717, 1.165) is 24.4 Å². The number of anilines is 1. The Bertz CT molecular complexity index is 432. The van der Waals surface area contributed by atoms with Crippen molar-refractivity contribution >= 4 is 23.4 Å². The minimum absolute atomic E-state index is 0.142. The number of thioether (sulfide) groups is 1. The summed E-state index contributed by atoms with van der Waals surface area (Å²) in [6.45, 7) is 4.79. The molecule has 0 saturated heterocycles. The number of carbonyl (C=O) groups is 1. The maximum absolute atomic E-state index is 11.7. The molecule has 1 aliphatic rings. The predicted octanol–water partition coefficient (Wildman–Crippen LogP) is 3.06. The lowest BCUT2D eigenvalue weighted by atomic mass is 9.77. The summed E-state index contributed by atoms with van der Waals surface area (Å²) in [5.74, 6) is 1.25. The molecule has 92 valence electrons. The SMILES string of the molecule is CSC[C@@]1(C)CCN(C(C)=O)c2ccccc21. The van der Waals surface area contributed by atoms with Gasteiger partial charge in [0.25, 0.3) is 0 Å². The van der Waals surface area contributed by atoms with Crippen LogP contribution in [0.4, 0.5) is 5.69 Å². The fourth-order valence-corrected chi connectivity index (χ4v) is 3.57. The lowest BCUT2D eigenvalue weighted by Crippen LogP contribution is -2.42. The van der Waals surface area contributed by atoms with E-state index in [1.807, 2.05) is 22.7 Å². The van der Waals surface area contributed by atoms with Gasteiger partial charge in [0.15, 0.2) is 0 Å². The predicted molar refractivity (Wildman–Crippen MR) is 74.8 cm³/mol. The van der Waals surface area contributed by atoms with Crippen LogP contribution in [-0.2, 0) is 10.2 Å². The summed E-state index contributed by atoms with van der Waals surface area (Å²) in [5.41, 5.74) is 2.61. The molecule has 0 saturated carbocycles. The minimum atomic E-state index is 0.142. The van der Waals surface area contributed by atoms with Crippen LogP contribution >= 0.6 is 11.8 Å². The van der Waals surface area contributed by atoms with Crippen LogP contribution in [0.25, 0.3) is 0 Å². The molecule has 2 rings (SSSR count). The second kappa shape index (κ2) is 4.73. The number of hydrogen-bond donors (Lipinski definition) is 0. The number of nitrogens with zero attached hydrogens (tertiary/aromatic N) is 1. The van der Waals surface area contributed by atoms with E-state index in [4.69, 9.17) is 0 Å². The van der Waals surface area contributed by atoms with Gasteiger partial charge in [0.1, 0.15) is 0 Å². The second-order valence-electron chi connectivity index (χ2n) is 4.93. The average Bonchev–Trinajstić information content (AvgIpc) is 2.29. The zero-order valence-corrected chi connectivity index (χ0v) is 11.5.